The Kier molecular flexibility index (Phi) is 2.38. The smallest absolute Gasteiger partial charge is 0.292 e. The van der Waals surface area contributed by atoms with Crippen LogP contribution in [0.4, 0.5) is 4.39 Å². The van der Waals surface area contributed by atoms with E-state index in [1.54, 1.807) is 12.1 Å². The molecule has 0 unspecified atom stereocenters. The van der Waals surface area contributed by atoms with Crippen LogP contribution in [0.2, 0.25) is 0 Å². The van der Waals surface area contributed by atoms with Crippen LogP contribution in [0, 0.1) is 5.82 Å². The molecule has 0 aliphatic rings. The van der Waals surface area contributed by atoms with Crippen molar-refractivity contribution in [3.8, 4) is 0 Å². The summed E-state index contributed by atoms with van der Waals surface area (Å²) in [5.74, 6) is 0.249. The topological polar surface area (TPSA) is 61.5 Å². The summed E-state index contributed by atoms with van der Waals surface area (Å²) in [6, 6.07) is 6.15. The van der Waals surface area contributed by atoms with E-state index < -0.39 is 5.41 Å². The number of halogens is 1. The van der Waals surface area contributed by atoms with E-state index in [4.69, 9.17) is 0 Å². The minimum atomic E-state index is -0.465. The van der Waals surface area contributed by atoms with Crippen molar-refractivity contribution in [1.82, 2.24) is 15.2 Å². The molecule has 0 fully saturated rings. The molecule has 1 aromatic carbocycles. The van der Waals surface area contributed by atoms with Gasteiger partial charge in [-0.05, 0) is 31.5 Å². The van der Waals surface area contributed by atoms with E-state index >= 15 is 0 Å². The molecule has 5 heteroatoms. The fourth-order valence-corrected chi connectivity index (χ4v) is 1.57. The predicted molar refractivity (Wildman–Crippen MR) is 57.7 cm³/mol. The number of nitrogens with one attached hydrogen (secondary N) is 2. The fraction of sp³-hybridized carbons (Fsp3) is 0.273. The van der Waals surface area contributed by atoms with Crippen molar-refractivity contribution in [2.24, 2.45) is 0 Å². The van der Waals surface area contributed by atoms with E-state index in [0.717, 1.165) is 5.56 Å². The lowest BCUT2D eigenvalue weighted by molar-refractivity contribution is 0.585. The molecule has 0 radical (unpaired) electrons. The van der Waals surface area contributed by atoms with Gasteiger partial charge in [0.05, 0.1) is 0 Å². The van der Waals surface area contributed by atoms with Gasteiger partial charge in [-0.1, -0.05) is 12.1 Å². The quantitative estimate of drug-likeness (QED) is 0.808. The molecule has 0 aliphatic carbocycles. The average Bonchev–Trinajstić information content (AvgIpc) is 2.66. The second-order valence-electron chi connectivity index (χ2n) is 4.16. The number of hydrogen-bond donors (Lipinski definition) is 2. The third-order valence-corrected chi connectivity index (χ3v) is 2.66. The lowest BCUT2D eigenvalue weighted by Crippen LogP contribution is -2.21. The Labute approximate surface area is 91.5 Å². The second-order valence-corrected chi connectivity index (χ2v) is 4.16. The maximum absolute atomic E-state index is 12.8. The number of benzene rings is 1. The summed E-state index contributed by atoms with van der Waals surface area (Å²) in [5.41, 5.74) is 0.0780. The molecule has 0 spiro atoms. The molecule has 1 heterocycles. The highest BCUT2D eigenvalue weighted by Gasteiger charge is 2.26. The molecule has 1 aromatic heterocycles. The maximum Gasteiger partial charge on any atom is 0.340 e. The first-order valence-electron chi connectivity index (χ1n) is 4.91. The van der Waals surface area contributed by atoms with Gasteiger partial charge in [-0.25, -0.2) is 14.3 Å². The summed E-state index contributed by atoms with van der Waals surface area (Å²) in [5, 5.41) is 6.22. The van der Waals surface area contributed by atoms with Crippen LogP contribution in [0.1, 0.15) is 25.2 Å². The van der Waals surface area contributed by atoms with Crippen molar-refractivity contribution in [3.63, 3.8) is 0 Å². The van der Waals surface area contributed by atoms with Crippen LogP contribution in [0.5, 0.6) is 0 Å². The first-order chi connectivity index (χ1) is 7.50. The van der Waals surface area contributed by atoms with E-state index in [-0.39, 0.29) is 11.5 Å². The molecule has 2 N–H and O–H groups in total. The van der Waals surface area contributed by atoms with Crippen molar-refractivity contribution in [3.05, 3.63) is 52.0 Å². The van der Waals surface area contributed by atoms with Gasteiger partial charge in [-0.15, -0.1) is 0 Å². The van der Waals surface area contributed by atoms with Gasteiger partial charge < -0.3 is 0 Å². The Morgan fingerprint density at radius 2 is 1.88 bits per heavy atom. The van der Waals surface area contributed by atoms with Gasteiger partial charge in [0.25, 0.3) is 0 Å². The third-order valence-electron chi connectivity index (χ3n) is 2.66. The minimum Gasteiger partial charge on any atom is -0.292 e. The van der Waals surface area contributed by atoms with Gasteiger partial charge in [0.1, 0.15) is 11.6 Å². The van der Waals surface area contributed by atoms with Crippen LogP contribution < -0.4 is 5.69 Å². The lowest BCUT2D eigenvalue weighted by Gasteiger charge is -2.21. The van der Waals surface area contributed by atoms with Crippen LogP contribution in [-0.2, 0) is 5.41 Å². The summed E-state index contributed by atoms with van der Waals surface area (Å²) in [7, 11) is 0. The lowest BCUT2D eigenvalue weighted by atomic mass is 9.84. The molecule has 0 saturated carbocycles. The third kappa shape index (κ3) is 1.76. The Balaban J connectivity index is 2.45. The zero-order chi connectivity index (χ0) is 11.8. The van der Waals surface area contributed by atoms with E-state index in [1.807, 2.05) is 13.8 Å². The van der Waals surface area contributed by atoms with E-state index in [1.165, 1.54) is 12.1 Å². The van der Waals surface area contributed by atoms with Crippen molar-refractivity contribution in [1.29, 1.82) is 0 Å². The number of rotatable bonds is 2. The van der Waals surface area contributed by atoms with Gasteiger partial charge in [0, 0.05) is 5.41 Å². The molecule has 0 amide bonds. The minimum absolute atomic E-state index is 0.282. The van der Waals surface area contributed by atoms with Crippen LogP contribution in [-0.4, -0.2) is 15.2 Å². The standard InChI is InChI=1S/C11H12FN3O/c1-11(2,9-13-10(16)15-14-9)7-3-5-8(12)6-4-7/h3-6H,1-2H3,(H2,13,14,15,16). The molecule has 0 saturated heterocycles. The second kappa shape index (κ2) is 3.59. The van der Waals surface area contributed by atoms with Crippen LogP contribution in [0.15, 0.2) is 29.1 Å². The number of aromatic amines is 2. The molecular formula is C11H12FN3O. The molecule has 4 nitrogen and oxygen atoms in total. The van der Waals surface area contributed by atoms with Crippen LogP contribution >= 0.6 is 0 Å². The molecule has 0 aliphatic heterocycles. The Hall–Kier alpha value is -1.91. The predicted octanol–water partition coefficient (Wildman–Crippen LogP) is 1.56. The molecular weight excluding hydrogens is 209 g/mol. The maximum atomic E-state index is 12.8. The number of aromatic nitrogens is 3. The van der Waals surface area contributed by atoms with Gasteiger partial charge in [-0.2, -0.15) is 5.10 Å². The van der Waals surface area contributed by atoms with Crippen LogP contribution in [0.3, 0.4) is 0 Å². The van der Waals surface area contributed by atoms with Crippen LogP contribution in [0.25, 0.3) is 0 Å². The average molecular weight is 221 g/mol. The summed E-state index contributed by atoms with van der Waals surface area (Å²) >= 11 is 0. The SMILES string of the molecule is CC(C)(c1ccc(F)cc1)c1n[nH]c(=O)[nH]1. The van der Waals surface area contributed by atoms with Gasteiger partial charge in [0.15, 0.2) is 0 Å². The molecule has 2 rings (SSSR count). The summed E-state index contributed by atoms with van der Waals surface area (Å²) in [6.07, 6.45) is 0. The number of nitrogens with zero attached hydrogens (tertiary/aromatic N) is 1. The van der Waals surface area contributed by atoms with Gasteiger partial charge in [0.2, 0.25) is 0 Å². The largest absolute Gasteiger partial charge is 0.340 e. The normalized spacial score (nSPS) is 11.7. The number of hydrogen-bond acceptors (Lipinski definition) is 2. The van der Waals surface area contributed by atoms with Crippen molar-refractivity contribution in [2.45, 2.75) is 19.3 Å². The van der Waals surface area contributed by atoms with Crippen molar-refractivity contribution >= 4 is 0 Å². The molecule has 16 heavy (non-hydrogen) atoms. The zero-order valence-electron chi connectivity index (χ0n) is 9.04. The highest BCUT2D eigenvalue weighted by molar-refractivity contribution is 5.30. The van der Waals surface area contributed by atoms with E-state index in [0.29, 0.717) is 5.82 Å². The van der Waals surface area contributed by atoms with E-state index in [2.05, 4.69) is 15.2 Å². The summed E-state index contributed by atoms with van der Waals surface area (Å²) in [4.78, 5) is 13.6. The molecule has 0 bridgehead atoms. The Bertz CT molecular complexity index is 539. The fourth-order valence-electron chi connectivity index (χ4n) is 1.57. The van der Waals surface area contributed by atoms with Gasteiger partial charge >= 0.3 is 5.69 Å². The first-order valence-corrected chi connectivity index (χ1v) is 4.91. The zero-order valence-corrected chi connectivity index (χ0v) is 9.04. The van der Waals surface area contributed by atoms with Gasteiger partial charge in [-0.3, -0.25) is 4.98 Å². The Morgan fingerprint density at radius 1 is 1.25 bits per heavy atom. The molecule has 2 aromatic rings. The highest BCUT2D eigenvalue weighted by Crippen LogP contribution is 2.27. The summed E-state index contributed by atoms with van der Waals surface area (Å²) in [6.45, 7) is 3.82. The number of H-pyrrole nitrogens is 2. The Morgan fingerprint density at radius 3 is 2.38 bits per heavy atom. The molecule has 84 valence electrons. The highest BCUT2D eigenvalue weighted by atomic mass is 19.1. The van der Waals surface area contributed by atoms with Crippen molar-refractivity contribution in [2.75, 3.05) is 0 Å². The monoisotopic (exact) mass is 221 g/mol. The van der Waals surface area contributed by atoms with E-state index in [9.17, 15) is 9.18 Å². The summed E-state index contributed by atoms with van der Waals surface area (Å²) < 4.78 is 12.8. The first kappa shape index (κ1) is 10.6. The van der Waals surface area contributed by atoms with Crippen molar-refractivity contribution < 1.29 is 4.39 Å². The molecule has 0 atom stereocenters.